The molecule has 0 saturated carbocycles. The van der Waals surface area contributed by atoms with Gasteiger partial charge in [0.25, 0.3) is 0 Å². The van der Waals surface area contributed by atoms with E-state index in [1.165, 1.54) is 0 Å². The van der Waals surface area contributed by atoms with Crippen LogP contribution in [0.5, 0.6) is 0 Å². The fourth-order valence-electron chi connectivity index (χ4n) is 1.26. The molecule has 4 heteroatoms. The number of halogens is 1. The van der Waals surface area contributed by atoms with Gasteiger partial charge in [0.2, 0.25) is 0 Å². The molecule has 0 radical (unpaired) electrons. The highest BCUT2D eigenvalue weighted by molar-refractivity contribution is 9.10. The van der Waals surface area contributed by atoms with E-state index >= 15 is 0 Å². The maximum atomic E-state index is 5.67. The minimum atomic E-state index is 0.241. The summed E-state index contributed by atoms with van der Waals surface area (Å²) in [7, 11) is 4.02. The molecule has 72 valence electrons. The van der Waals surface area contributed by atoms with Crippen molar-refractivity contribution in [1.29, 1.82) is 0 Å². The zero-order valence-corrected chi connectivity index (χ0v) is 9.45. The van der Waals surface area contributed by atoms with Gasteiger partial charge in [-0.15, -0.1) is 0 Å². The molecule has 0 aromatic carbocycles. The Hall–Kier alpha value is -0.450. The minimum Gasteiger partial charge on any atom is -0.329 e. The maximum Gasteiger partial charge on any atom is 0.0480 e. The smallest absolute Gasteiger partial charge is 0.0480 e. The van der Waals surface area contributed by atoms with Gasteiger partial charge in [-0.25, -0.2) is 0 Å². The number of nitrogens with two attached hydrogens (primary N) is 1. The van der Waals surface area contributed by atoms with Gasteiger partial charge in [-0.3, -0.25) is 4.98 Å². The van der Waals surface area contributed by atoms with Crippen molar-refractivity contribution in [2.45, 2.75) is 6.04 Å². The van der Waals surface area contributed by atoms with Crippen LogP contribution in [0.2, 0.25) is 0 Å². The van der Waals surface area contributed by atoms with E-state index in [1.807, 2.05) is 26.4 Å². The van der Waals surface area contributed by atoms with E-state index in [9.17, 15) is 0 Å². The molecule has 1 atom stereocenters. The summed E-state index contributed by atoms with van der Waals surface area (Å²) in [6.07, 6.45) is 3.62. The second-order valence-electron chi connectivity index (χ2n) is 3.15. The summed E-state index contributed by atoms with van der Waals surface area (Å²) < 4.78 is 0.991. The Kier molecular flexibility index (Phi) is 3.84. The molecule has 0 aliphatic carbocycles. The molecule has 0 amide bonds. The molecule has 0 spiro atoms. The zero-order chi connectivity index (χ0) is 9.84. The first kappa shape index (κ1) is 10.6. The summed E-state index contributed by atoms with van der Waals surface area (Å²) in [5, 5.41) is 0. The van der Waals surface area contributed by atoms with Gasteiger partial charge in [-0.2, -0.15) is 0 Å². The second kappa shape index (κ2) is 4.69. The topological polar surface area (TPSA) is 42.1 Å². The van der Waals surface area contributed by atoms with Crippen LogP contribution in [0.15, 0.2) is 22.9 Å². The molecule has 1 unspecified atom stereocenters. The van der Waals surface area contributed by atoms with E-state index < -0.39 is 0 Å². The molecule has 1 rings (SSSR count). The summed E-state index contributed by atoms with van der Waals surface area (Å²) in [4.78, 5) is 6.19. The van der Waals surface area contributed by atoms with Crippen LogP contribution < -0.4 is 5.73 Å². The number of hydrogen-bond donors (Lipinski definition) is 1. The second-order valence-corrected chi connectivity index (χ2v) is 4.07. The van der Waals surface area contributed by atoms with Crippen LogP contribution in [0, 0.1) is 0 Å². The Morgan fingerprint density at radius 2 is 2.23 bits per heavy atom. The molecule has 3 nitrogen and oxygen atoms in total. The molecule has 0 aliphatic rings. The van der Waals surface area contributed by atoms with Gasteiger partial charge >= 0.3 is 0 Å². The number of rotatable bonds is 3. The number of pyridine rings is 1. The van der Waals surface area contributed by atoms with Gasteiger partial charge in [-0.1, -0.05) is 0 Å². The van der Waals surface area contributed by atoms with Gasteiger partial charge in [-0.05, 0) is 41.7 Å². The standard InChI is InChI=1S/C9H14BrN3/c1-13(2)9(4-11)7-3-8(10)6-12-5-7/h3,5-6,9H,4,11H2,1-2H3. The minimum absolute atomic E-state index is 0.241. The quantitative estimate of drug-likeness (QED) is 0.874. The summed E-state index contributed by atoms with van der Waals surface area (Å²) >= 11 is 3.39. The molecule has 0 bridgehead atoms. The van der Waals surface area contributed by atoms with Gasteiger partial charge in [0.15, 0.2) is 0 Å². The lowest BCUT2D eigenvalue weighted by Gasteiger charge is -2.22. The highest BCUT2D eigenvalue weighted by atomic mass is 79.9. The fourth-order valence-corrected chi connectivity index (χ4v) is 1.64. The van der Waals surface area contributed by atoms with E-state index in [4.69, 9.17) is 5.73 Å². The summed E-state index contributed by atoms with van der Waals surface area (Å²) in [6, 6.07) is 2.29. The number of likely N-dealkylation sites (N-methyl/N-ethyl adjacent to an activating group) is 1. The number of aromatic nitrogens is 1. The third-order valence-electron chi connectivity index (χ3n) is 1.96. The Morgan fingerprint density at radius 3 is 2.69 bits per heavy atom. The molecular weight excluding hydrogens is 230 g/mol. The third-order valence-corrected chi connectivity index (χ3v) is 2.39. The normalized spacial score (nSPS) is 13.3. The van der Waals surface area contributed by atoms with Crippen LogP contribution in [-0.4, -0.2) is 30.5 Å². The van der Waals surface area contributed by atoms with Crippen molar-refractivity contribution in [3.05, 3.63) is 28.5 Å². The van der Waals surface area contributed by atoms with Crippen molar-refractivity contribution >= 4 is 15.9 Å². The molecule has 0 saturated heterocycles. The van der Waals surface area contributed by atoms with Gasteiger partial charge in [0.1, 0.15) is 0 Å². The molecule has 13 heavy (non-hydrogen) atoms. The monoisotopic (exact) mass is 243 g/mol. The average molecular weight is 244 g/mol. The highest BCUT2D eigenvalue weighted by Crippen LogP contribution is 2.19. The van der Waals surface area contributed by atoms with Crippen LogP contribution >= 0.6 is 15.9 Å². The summed E-state index contributed by atoms with van der Waals surface area (Å²) in [5.74, 6) is 0. The summed E-state index contributed by atoms with van der Waals surface area (Å²) in [5.41, 5.74) is 6.81. The van der Waals surface area contributed by atoms with E-state index in [0.717, 1.165) is 10.0 Å². The van der Waals surface area contributed by atoms with Crippen LogP contribution in [0.1, 0.15) is 11.6 Å². The maximum absolute atomic E-state index is 5.67. The van der Waals surface area contributed by atoms with Crippen molar-refractivity contribution in [2.75, 3.05) is 20.6 Å². The molecule has 1 aromatic heterocycles. The van der Waals surface area contributed by atoms with Crippen LogP contribution in [0.4, 0.5) is 0 Å². The van der Waals surface area contributed by atoms with Crippen molar-refractivity contribution in [1.82, 2.24) is 9.88 Å². The van der Waals surface area contributed by atoms with Crippen molar-refractivity contribution < 1.29 is 0 Å². The molecule has 1 aromatic rings. The average Bonchev–Trinajstić information content (AvgIpc) is 2.04. The molecule has 0 fully saturated rings. The molecule has 0 aliphatic heterocycles. The Labute approximate surface area is 87.1 Å². The zero-order valence-electron chi connectivity index (χ0n) is 7.87. The van der Waals surface area contributed by atoms with E-state index in [0.29, 0.717) is 6.54 Å². The van der Waals surface area contributed by atoms with Crippen molar-refractivity contribution in [3.8, 4) is 0 Å². The lowest BCUT2D eigenvalue weighted by molar-refractivity contribution is 0.305. The SMILES string of the molecule is CN(C)C(CN)c1cncc(Br)c1. The third kappa shape index (κ3) is 2.76. The lowest BCUT2D eigenvalue weighted by atomic mass is 10.1. The predicted molar refractivity (Wildman–Crippen MR) is 57.4 cm³/mol. The van der Waals surface area contributed by atoms with E-state index in [1.54, 1.807) is 6.20 Å². The number of nitrogens with zero attached hydrogens (tertiary/aromatic N) is 2. The largest absolute Gasteiger partial charge is 0.329 e. The molecule has 2 N–H and O–H groups in total. The van der Waals surface area contributed by atoms with Crippen molar-refractivity contribution in [3.63, 3.8) is 0 Å². The summed E-state index contributed by atoms with van der Waals surface area (Å²) in [6.45, 7) is 0.602. The van der Waals surface area contributed by atoms with Crippen molar-refractivity contribution in [2.24, 2.45) is 5.73 Å². The molecule has 1 heterocycles. The Morgan fingerprint density at radius 1 is 1.54 bits per heavy atom. The first-order valence-corrected chi connectivity index (χ1v) is 4.91. The Balaban J connectivity index is 2.91. The highest BCUT2D eigenvalue weighted by Gasteiger charge is 2.11. The first-order chi connectivity index (χ1) is 6.15. The Bertz CT molecular complexity index is 275. The van der Waals surface area contributed by atoms with Gasteiger partial charge in [0, 0.05) is 29.5 Å². The fraction of sp³-hybridized carbons (Fsp3) is 0.444. The first-order valence-electron chi connectivity index (χ1n) is 4.12. The van der Waals surface area contributed by atoms with E-state index in [2.05, 4.69) is 25.8 Å². The lowest BCUT2D eigenvalue weighted by Crippen LogP contribution is -2.27. The predicted octanol–water partition coefficient (Wildman–Crippen LogP) is 1.41. The number of hydrogen-bond acceptors (Lipinski definition) is 3. The van der Waals surface area contributed by atoms with Crippen LogP contribution in [-0.2, 0) is 0 Å². The van der Waals surface area contributed by atoms with Gasteiger partial charge < -0.3 is 10.6 Å². The van der Waals surface area contributed by atoms with Crippen LogP contribution in [0.25, 0.3) is 0 Å². The van der Waals surface area contributed by atoms with Gasteiger partial charge in [0.05, 0.1) is 0 Å². The van der Waals surface area contributed by atoms with E-state index in [-0.39, 0.29) is 6.04 Å². The molecular formula is C9H14BrN3. The van der Waals surface area contributed by atoms with Crippen LogP contribution in [0.3, 0.4) is 0 Å².